The Balaban J connectivity index is 3.74. The van der Waals surface area contributed by atoms with Gasteiger partial charge in [0.1, 0.15) is 5.78 Å². The predicted molar refractivity (Wildman–Crippen MR) is 49.2 cm³/mol. The first-order chi connectivity index (χ1) is 5.61. The number of nitrogens with one attached hydrogen (secondary N) is 1. The van der Waals surface area contributed by atoms with Crippen molar-refractivity contribution in [2.45, 2.75) is 38.8 Å². The summed E-state index contributed by atoms with van der Waals surface area (Å²) in [6.45, 7) is 3.62. The molecule has 0 saturated heterocycles. The molecule has 2 unspecified atom stereocenters. The Morgan fingerprint density at radius 3 is 2.50 bits per heavy atom. The van der Waals surface area contributed by atoms with Crippen LogP contribution in [0.2, 0.25) is 0 Å². The lowest BCUT2D eigenvalue weighted by molar-refractivity contribution is -0.117. The molecule has 12 heavy (non-hydrogen) atoms. The van der Waals surface area contributed by atoms with Crippen LogP contribution in [0.1, 0.15) is 26.7 Å². The second-order valence-electron chi connectivity index (χ2n) is 3.08. The van der Waals surface area contributed by atoms with Crippen molar-refractivity contribution in [2.24, 2.45) is 0 Å². The number of methoxy groups -OCH3 is 1. The summed E-state index contributed by atoms with van der Waals surface area (Å²) in [5, 5.41) is 3.13. The van der Waals surface area contributed by atoms with Crippen LogP contribution in [-0.2, 0) is 9.53 Å². The Kier molecular flexibility index (Phi) is 5.93. The molecule has 0 aromatic rings. The third kappa shape index (κ3) is 4.46. The highest BCUT2D eigenvalue weighted by molar-refractivity contribution is 5.75. The molecule has 3 nitrogen and oxygen atoms in total. The molecular weight excluding hydrogens is 154 g/mol. The standard InChI is InChI=1S/C9H19NO2/c1-7(11)5-6-9(10-3)8(2)12-4/h8-10H,5-6H2,1-4H3. The van der Waals surface area contributed by atoms with Crippen LogP contribution >= 0.6 is 0 Å². The van der Waals surface area contributed by atoms with Gasteiger partial charge in [0.25, 0.3) is 0 Å². The molecule has 0 aliphatic rings. The van der Waals surface area contributed by atoms with Gasteiger partial charge in [0.05, 0.1) is 6.10 Å². The Morgan fingerprint density at radius 1 is 1.58 bits per heavy atom. The van der Waals surface area contributed by atoms with E-state index in [1.807, 2.05) is 14.0 Å². The molecule has 0 rings (SSSR count). The number of likely N-dealkylation sites (N-methyl/N-ethyl adjacent to an activating group) is 1. The average Bonchev–Trinajstić information content (AvgIpc) is 2.04. The van der Waals surface area contributed by atoms with Gasteiger partial charge in [0, 0.05) is 19.6 Å². The van der Waals surface area contributed by atoms with Crippen LogP contribution in [-0.4, -0.2) is 32.1 Å². The van der Waals surface area contributed by atoms with Gasteiger partial charge < -0.3 is 14.8 Å². The highest BCUT2D eigenvalue weighted by Gasteiger charge is 2.14. The van der Waals surface area contributed by atoms with Crippen molar-refractivity contribution in [1.82, 2.24) is 5.32 Å². The maximum Gasteiger partial charge on any atom is 0.129 e. The molecule has 2 atom stereocenters. The molecule has 1 N–H and O–H groups in total. The average molecular weight is 173 g/mol. The Hall–Kier alpha value is -0.410. The molecule has 0 aliphatic carbocycles. The summed E-state index contributed by atoms with van der Waals surface area (Å²) in [6, 6.07) is 0.277. The Bertz CT molecular complexity index is 136. The highest BCUT2D eigenvalue weighted by atomic mass is 16.5. The Labute approximate surface area is 74.5 Å². The van der Waals surface area contributed by atoms with Gasteiger partial charge in [0.15, 0.2) is 0 Å². The minimum atomic E-state index is 0.161. The maximum atomic E-state index is 10.7. The number of carbonyl (C=O) groups is 1. The summed E-state index contributed by atoms with van der Waals surface area (Å²) in [6.07, 6.45) is 1.63. The van der Waals surface area contributed by atoms with Crippen LogP contribution in [0.3, 0.4) is 0 Å². The predicted octanol–water partition coefficient (Wildman–Crippen LogP) is 0.978. The molecule has 72 valence electrons. The van der Waals surface area contributed by atoms with E-state index in [4.69, 9.17) is 4.74 Å². The van der Waals surface area contributed by atoms with Crippen LogP contribution in [0, 0.1) is 0 Å². The molecule has 3 heteroatoms. The second kappa shape index (κ2) is 6.14. The smallest absolute Gasteiger partial charge is 0.129 e. The third-order valence-corrected chi connectivity index (χ3v) is 2.12. The topological polar surface area (TPSA) is 38.3 Å². The van der Waals surface area contributed by atoms with Crippen molar-refractivity contribution in [1.29, 1.82) is 0 Å². The zero-order valence-corrected chi connectivity index (χ0v) is 8.39. The number of hydrogen-bond donors (Lipinski definition) is 1. The van der Waals surface area contributed by atoms with E-state index in [1.54, 1.807) is 14.0 Å². The number of ketones is 1. The monoisotopic (exact) mass is 173 g/mol. The summed E-state index contributed by atoms with van der Waals surface area (Å²) >= 11 is 0. The van der Waals surface area contributed by atoms with E-state index in [0.717, 1.165) is 6.42 Å². The highest BCUT2D eigenvalue weighted by Crippen LogP contribution is 2.04. The van der Waals surface area contributed by atoms with Crippen molar-refractivity contribution in [3.05, 3.63) is 0 Å². The molecule has 0 amide bonds. The number of Topliss-reactive ketones (excluding diaryl/α,β-unsaturated/α-hetero) is 1. The van der Waals surface area contributed by atoms with Gasteiger partial charge in [-0.15, -0.1) is 0 Å². The lowest BCUT2D eigenvalue weighted by Crippen LogP contribution is -2.37. The molecule has 0 bridgehead atoms. The first-order valence-electron chi connectivity index (χ1n) is 4.31. The van der Waals surface area contributed by atoms with Gasteiger partial charge in [0.2, 0.25) is 0 Å². The van der Waals surface area contributed by atoms with E-state index in [-0.39, 0.29) is 17.9 Å². The number of ether oxygens (including phenoxy) is 1. The molecule has 0 spiro atoms. The zero-order valence-electron chi connectivity index (χ0n) is 8.39. The van der Waals surface area contributed by atoms with Gasteiger partial charge in [-0.3, -0.25) is 0 Å². The third-order valence-electron chi connectivity index (χ3n) is 2.12. The van der Waals surface area contributed by atoms with Gasteiger partial charge in [-0.25, -0.2) is 0 Å². The normalized spacial score (nSPS) is 15.7. The van der Waals surface area contributed by atoms with Crippen LogP contribution < -0.4 is 5.32 Å². The van der Waals surface area contributed by atoms with Crippen LogP contribution in [0.25, 0.3) is 0 Å². The molecular formula is C9H19NO2. The van der Waals surface area contributed by atoms with E-state index in [1.165, 1.54) is 0 Å². The van der Waals surface area contributed by atoms with Gasteiger partial charge in [-0.1, -0.05) is 0 Å². The van der Waals surface area contributed by atoms with Crippen molar-refractivity contribution >= 4 is 5.78 Å². The summed E-state index contributed by atoms with van der Waals surface area (Å²) in [5.41, 5.74) is 0. The number of hydrogen-bond acceptors (Lipinski definition) is 3. The van der Waals surface area contributed by atoms with Crippen molar-refractivity contribution in [3.63, 3.8) is 0 Å². The minimum absolute atomic E-state index is 0.161. The molecule has 0 fully saturated rings. The SMILES string of the molecule is CNC(CCC(C)=O)C(C)OC. The Morgan fingerprint density at radius 2 is 2.17 bits per heavy atom. The lowest BCUT2D eigenvalue weighted by Gasteiger charge is -2.21. The largest absolute Gasteiger partial charge is 0.380 e. The quantitative estimate of drug-likeness (QED) is 0.650. The van der Waals surface area contributed by atoms with Crippen LogP contribution in [0.5, 0.6) is 0 Å². The van der Waals surface area contributed by atoms with Crippen LogP contribution in [0.4, 0.5) is 0 Å². The maximum absolute atomic E-state index is 10.7. The van der Waals surface area contributed by atoms with Gasteiger partial charge in [-0.05, 0) is 27.3 Å². The van der Waals surface area contributed by atoms with E-state index in [2.05, 4.69) is 5.32 Å². The summed E-state index contributed by atoms with van der Waals surface area (Å²) in [7, 11) is 3.57. The lowest BCUT2D eigenvalue weighted by atomic mass is 10.1. The van der Waals surface area contributed by atoms with E-state index in [9.17, 15) is 4.79 Å². The fourth-order valence-electron chi connectivity index (χ4n) is 1.14. The minimum Gasteiger partial charge on any atom is -0.380 e. The van der Waals surface area contributed by atoms with Gasteiger partial charge in [-0.2, -0.15) is 0 Å². The fraction of sp³-hybridized carbons (Fsp3) is 0.889. The first-order valence-corrected chi connectivity index (χ1v) is 4.31. The van der Waals surface area contributed by atoms with E-state index in [0.29, 0.717) is 6.42 Å². The molecule has 0 saturated carbocycles. The van der Waals surface area contributed by atoms with Crippen molar-refractivity contribution < 1.29 is 9.53 Å². The van der Waals surface area contributed by atoms with Crippen molar-refractivity contribution in [3.8, 4) is 0 Å². The first kappa shape index (κ1) is 11.6. The second-order valence-corrected chi connectivity index (χ2v) is 3.08. The molecule has 0 aromatic heterocycles. The van der Waals surface area contributed by atoms with Crippen LogP contribution in [0.15, 0.2) is 0 Å². The van der Waals surface area contributed by atoms with Crippen molar-refractivity contribution in [2.75, 3.05) is 14.2 Å². The zero-order chi connectivity index (χ0) is 9.56. The molecule has 0 aliphatic heterocycles. The fourth-order valence-corrected chi connectivity index (χ4v) is 1.14. The summed E-state index contributed by atoms with van der Waals surface area (Å²) < 4.78 is 5.16. The number of carbonyl (C=O) groups excluding carboxylic acids is 1. The van der Waals surface area contributed by atoms with Gasteiger partial charge >= 0.3 is 0 Å². The van der Waals surface area contributed by atoms with E-state index >= 15 is 0 Å². The molecule has 0 aromatic carbocycles. The summed E-state index contributed by atoms with van der Waals surface area (Å²) in [4.78, 5) is 10.7. The number of rotatable bonds is 6. The summed E-state index contributed by atoms with van der Waals surface area (Å²) in [5.74, 6) is 0.235. The molecule has 0 heterocycles. The van der Waals surface area contributed by atoms with E-state index < -0.39 is 0 Å². The molecule has 0 radical (unpaired) electrons.